The summed E-state index contributed by atoms with van der Waals surface area (Å²) in [5.41, 5.74) is 0. The molecule has 0 aromatic rings. The number of nitrogens with zero attached hydrogens (tertiary/aromatic N) is 1. The highest BCUT2D eigenvalue weighted by Crippen LogP contribution is 1.91. The van der Waals surface area contributed by atoms with Gasteiger partial charge < -0.3 is 9.64 Å². The number of rotatable bonds is 6. The van der Waals surface area contributed by atoms with Crippen LogP contribution in [0.2, 0.25) is 0 Å². The Morgan fingerprint density at radius 3 is 2.50 bits per heavy atom. The Kier molecular flexibility index (Phi) is 6.45. The highest BCUT2D eigenvalue weighted by molar-refractivity contribution is 5.94. The Bertz CT molecular complexity index is 221. The number of Topliss-reactive ketones (excluding diaryl/α,β-unsaturated/α-hetero) is 1. The van der Waals surface area contributed by atoms with E-state index in [1.54, 1.807) is 0 Å². The number of carbonyl (C=O) groups excluding carboxylic acids is 2. The number of hydrogen-bond donors (Lipinski definition) is 0. The molecule has 0 saturated heterocycles. The van der Waals surface area contributed by atoms with E-state index >= 15 is 0 Å². The van der Waals surface area contributed by atoms with Crippen molar-refractivity contribution in [3.05, 3.63) is 12.3 Å². The van der Waals surface area contributed by atoms with Crippen LogP contribution >= 0.6 is 0 Å². The lowest BCUT2D eigenvalue weighted by Gasteiger charge is -2.03. The summed E-state index contributed by atoms with van der Waals surface area (Å²) in [4.78, 5) is 23.3. The summed E-state index contributed by atoms with van der Waals surface area (Å²) >= 11 is 0. The van der Waals surface area contributed by atoms with E-state index < -0.39 is 5.97 Å². The van der Waals surface area contributed by atoms with E-state index in [-0.39, 0.29) is 12.2 Å². The smallest absolute Gasteiger partial charge is 0.313 e. The number of ether oxygens (including phenoxy) is 1. The molecule has 0 unspecified atom stereocenters. The van der Waals surface area contributed by atoms with Crippen molar-refractivity contribution in [1.82, 2.24) is 4.90 Å². The summed E-state index contributed by atoms with van der Waals surface area (Å²) in [5, 5.41) is 0. The number of carbonyl (C=O) groups is 2. The standard InChI is InChI=1S/C10H17NO3/c1-9(12)8-10(13)14-7-5-4-6-11(2)3/h4,6H,5,7-8H2,1-3H3. The molecule has 0 aliphatic carbocycles. The topological polar surface area (TPSA) is 46.6 Å². The molecule has 0 fully saturated rings. The highest BCUT2D eigenvalue weighted by atomic mass is 16.5. The third-order valence-electron chi connectivity index (χ3n) is 1.34. The van der Waals surface area contributed by atoms with Gasteiger partial charge in [0.05, 0.1) is 6.61 Å². The zero-order chi connectivity index (χ0) is 11.0. The first kappa shape index (κ1) is 12.7. The van der Waals surface area contributed by atoms with Gasteiger partial charge in [0.15, 0.2) is 0 Å². The Morgan fingerprint density at radius 1 is 1.36 bits per heavy atom. The zero-order valence-corrected chi connectivity index (χ0v) is 8.95. The number of hydrogen-bond acceptors (Lipinski definition) is 4. The molecule has 0 aromatic heterocycles. The Hall–Kier alpha value is -1.32. The predicted octanol–water partition coefficient (Wildman–Crippen LogP) is 0.974. The van der Waals surface area contributed by atoms with Crippen molar-refractivity contribution in [2.45, 2.75) is 19.8 Å². The summed E-state index contributed by atoms with van der Waals surface area (Å²) in [7, 11) is 3.83. The van der Waals surface area contributed by atoms with E-state index in [1.165, 1.54) is 6.92 Å². The molecule has 4 nitrogen and oxygen atoms in total. The second kappa shape index (κ2) is 7.12. The lowest BCUT2D eigenvalue weighted by atomic mass is 10.3. The van der Waals surface area contributed by atoms with E-state index in [2.05, 4.69) is 0 Å². The van der Waals surface area contributed by atoms with Crippen molar-refractivity contribution in [2.75, 3.05) is 20.7 Å². The summed E-state index contributed by atoms with van der Waals surface area (Å²) < 4.78 is 4.81. The molecule has 0 N–H and O–H groups in total. The summed E-state index contributed by atoms with van der Waals surface area (Å²) in [6.45, 7) is 1.70. The van der Waals surface area contributed by atoms with Gasteiger partial charge in [-0.15, -0.1) is 0 Å². The van der Waals surface area contributed by atoms with Crippen molar-refractivity contribution < 1.29 is 14.3 Å². The zero-order valence-electron chi connectivity index (χ0n) is 8.95. The van der Waals surface area contributed by atoms with Gasteiger partial charge in [0.1, 0.15) is 12.2 Å². The maximum Gasteiger partial charge on any atom is 0.313 e. The molecule has 0 spiro atoms. The van der Waals surface area contributed by atoms with Gasteiger partial charge >= 0.3 is 5.97 Å². The fourth-order valence-corrected chi connectivity index (χ4v) is 0.780. The van der Waals surface area contributed by atoms with Crippen molar-refractivity contribution >= 4 is 11.8 Å². The SMILES string of the molecule is CC(=O)CC(=O)OCCC=CN(C)C. The molecular weight excluding hydrogens is 182 g/mol. The molecular formula is C10H17NO3. The summed E-state index contributed by atoms with van der Waals surface area (Å²) in [5.74, 6) is -0.616. The van der Waals surface area contributed by atoms with Crippen LogP contribution in [0.1, 0.15) is 19.8 Å². The van der Waals surface area contributed by atoms with Crippen molar-refractivity contribution in [3.63, 3.8) is 0 Å². The van der Waals surface area contributed by atoms with Gasteiger partial charge in [-0.25, -0.2) is 0 Å². The Labute approximate surface area is 84.5 Å². The van der Waals surface area contributed by atoms with Crippen LogP contribution in [0.25, 0.3) is 0 Å². The number of ketones is 1. The van der Waals surface area contributed by atoms with Crippen LogP contribution < -0.4 is 0 Å². The lowest BCUT2D eigenvalue weighted by molar-refractivity contribution is -0.145. The first-order valence-corrected chi connectivity index (χ1v) is 4.50. The largest absolute Gasteiger partial charge is 0.465 e. The minimum Gasteiger partial charge on any atom is -0.465 e. The second-order valence-electron chi connectivity index (χ2n) is 3.24. The molecule has 0 rings (SSSR count). The maximum absolute atomic E-state index is 10.9. The van der Waals surface area contributed by atoms with Crippen LogP contribution in [-0.2, 0) is 14.3 Å². The van der Waals surface area contributed by atoms with E-state index in [9.17, 15) is 9.59 Å². The molecule has 0 atom stereocenters. The van der Waals surface area contributed by atoms with Crippen molar-refractivity contribution in [1.29, 1.82) is 0 Å². The van der Waals surface area contributed by atoms with Crippen LogP contribution in [0.5, 0.6) is 0 Å². The van der Waals surface area contributed by atoms with E-state index in [0.717, 1.165) is 0 Å². The molecule has 0 saturated carbocycles. The maximum atomic E-state index is 10.9. The molecule has 0 radical (unpaired) electrons. The van der Waals surface area contributed by atoms with Gasteiger partial charge in [0.25, 0.3) is 0 Å². The molecule has 0 bridgehead atoms. The minimum atomic E-state index is -0.448. The first-order chi connectivity index (χ1) is 6.52. The summed E-state index contributed by atoms with van der Waals surface area (Å²) in [6, 6.07) is 0. The Balaban J connectivity index is 3.45. The van der Waals surface area contributed by atoms with Crippen LogP contribution in [0, 0.1) is 0 Å². The normalized spacial score (nSPS) is 10.2. The average Bonchev–Trinajstić information content (AvgIpc) is 2.01. The van der Waals surface area contributed by atoms with Crippen molar-refractivity contribution in [2.24, 2.45) is 0 Å². The third kappa shape index (κ3) is 8.77. The average molecular weight is 199 g/mol. The van der Waals surface area contributed by atoms with Crippen LogP contribution in [0.4, 0.5) is 0 Å². The summed E-state index contributed by atoms with van der Waals surface area (Å²) in [6.07, 6.45) is 4.33. The van der Waals surface area contributed by atoms with Crippen LogP contribution in [-0.4, -0.2) is 37.4 Å². The van der Waals surface area contributed by atoms with Gasteiger partial charge in [-0.1, -0.05) is 6.08 Å². The van der Waals surface area contributed by atoms with Gasteiger partial charge in [0.2, 0.25) is 0 Å². The van der Waals surface area contributed by atoms with Crippen molar-refractivity contribution in [3.8, 4) is 0 Å². The molecule has 0 aromatic carbocycles. The van der Waals surface area contributed by atoms with Gasteiger partial charge in [-0.2, -0.15) is 0 Å². The van der Waals surface area contributed by atoms with E-state index in [1.807, 2.05) is 31.3 Å². The second-order valence-corrected chi connectivity index (χ2v) is 3.24. The molecule has 0 amide bonds. The fourth-order valence-electron chi connectivity index (χ4n) is 0.780. The highest BCUT2D eigenvalue weighted by Gasteiger charge is 2.04. The van der Waals surface area contributed by atoms with E-state index in [0.29, 0.717) is 13.0 Å². The molecule has 4 heteroatoms. The third-order valence-corrected chi connectivity index (χ3v) is 1.34. The molecule has 0 aliphatic heterocycles. The van der Waals surface area contributed by atoms with Gasteiger partial charge in [0, 0.05) is 20.5 Å². The molecule has 0 aliphatic rings. The quantitative estimate of drug-likeness (QED) is 0.363. The Morgan fingerprint density at radius 2 is 2.00 bits per heavy atom. The lowest BCUT2D eigenvalue weighted by Crippen LogP contribution is -2.09. The van der Waals surface area contributed by atoms with E-state index in [4.69, 9.17) is 4.74 Å². The van der Waals surface area contributed by atoms with Gasteiger partial charge in [-0.05, 0) is 13.1 Å². The van der Waals surface area contributed by atoms with Crippen LogP contribution in [0.15, 0.2) is 12.3 Å². The molecule has 0 heterocycles. The first-order valence-electron chi connectivity index (χ1n) is 4.50. The fraction of sp³-hybridized carbons (Fsp3) is 0.600. The monoisotopic (exact) mass is 199 g/mol. The molecule has 80 valence electrons. The number of esters is 1. The van der Waals surface area contributed by atoms with Crippen LogP contribution in [0.3, 0.4) is 0 Å². The minimum absolute atomic E-state index is 0.128. The van der Waals surface area contributed by atoms with Gasteiger partial charge in [-0.3, -0.25) is 9.59 Å². The molecule has 14 heavy (non-hydrogen) atoms. The predicted molar refractivity (Wildman–Crippen MR) is 53.7 cm³/mol.